The van der Waals surface area contributed by atoms with Crippen molar-refractivity contribution < 1.29 is 19.2 Å². The maximum atomic E-state index is 12.5. The van der Waals surface area contributed by atoms with Gasteiger partial charge in [-0.2, -0.15) is 0 Å². The third-order valence-corrected chi connectivity index (χ3v) is 4.03. The Kier molecular flexibility index (Phi) is 9.07. The molecule has 2 unspecified atom stereocenters. The Labute approximate surface area is 164 Å². The van der Waals surface area contributed by atoms with Gasteiger partial charge in [0.2, 0.25) is 17.7 Å². The first-order chi connectivity index (χ1) is 13.1. The summed E-state index contributed by atoms with van der Waals surface area (Å²) in [5.41, 5.74) is 1.25. The van der Waals surface area contributed by atoms with Gasteiger partial charge in [-0.05, 0) is 30.5 Å². The van der Waals surface area contributed by atoms with Crippen LogP contribution in [0.15, 0.2) is 29.6 Å². The lowest BCUT2D eigenvalue weighted by molar-refractivity contribution is -0.132. The molecule has 0 fully saturated rings. The topological polar surface area (TPSA) is 126 Å². The summed E-state index contributed by atoms with van der Waals surface area (Å²) in [4.78, 5) is 51.1. The fraction of sp³-hybridized carbons (Fsp3) is 0.526. The number of anilines is 1. The molecule has 0 aliphatic rings. The predicted octanol–water partition coefficient (Wildman–Crippen LogP) is 2.12. The van der Waals surface area contributed by atoms with E-state index in [1.165, 1.54) is 0 Å². The molecule has 0 spiro atoms. The fourth-order valence-electron chi connectivity index (χ4n) is 2.26. The lowest BCUT2D eigenvalue weighted by Crippen LogP contribution is -2.54. The van der Waals surface area contributed by atoms with Gasteiger partial charge in [0, 0.05) is 11.6 Å². The fourth-order valence-corrected chi connectivity index (χ4v) is 2.26. The molecule has 0 radical (unpaired) electrons. The second kappa shape index (κ2) is 11.0. The molecule has 2 atom stereocenters. The van der Waals surface area contributed by atoms with Crippen LogP contribution in [0.4, 0.5) is 5.69 Å². The molecule has 0 saturated heterocycles. The molecule has 1 aromatic carbocycles. The highest BCUT2D eigenvalue weighted by Gasteiger charge is 2.27. The Morgan fingerprint density at radius 3 is 2.04 bits per heavy atom. The molecule has 0 heterocycles. The van der Waals surface area contributed by atoms with Crippen LogP contribution in [0.5, 0.6) is 0 Å². The second-order valence-electron chi connectivity index (χ2n) is 7.15. The molecule has 0 aromatic heterocycles. The van der Waals surface area contributed by atoms with Crippen LogP contribution in [0.3, 0.4) is 0 Å². The molecule has 3 amide bonds. The van der Waals surface area contributed by atoms with Crippen molar-refractivity contribution in [3.8, 4) is 0 Å². The van der Waals surface area contributed by atoms with Crippen LogP contribution in [0.1, 0.15) is 40.2 Å². The predicted molar refractivity (Wildman–Crippen MR) is 105 cm³/mol. The van der Waals surface area contributed by atoms with Gasteiger partial charge < -0.3 is 20.8 Å². The third kappa shape index (κ3) is 7.34. The summed E-state index contributed by atoms with van der Waals surface area (Å²) in [7, 11) is 0. The van der Waals surface area contributed by atoms with E-state index in [-0.39, 0.29) is 24.3 Å². The SMILES string of the molecule is CC(C)C(=O)NC(C(=O)NC(C)C(=O)Nc1ccc(CON=O)cc1)C(C)C. The summed E-state index contributed by atoms with van der Waals surface area (Å²) >= 11 is 0. The molecule has 1 rings (SSSR count). The molecule has 9 nitrogen and oxygen atoms in total. The molecule has 0 aliphatic carbocycles. The number of hydrogen-bond acceptors (Lipinski definition) is 6. The maximum Gasteiger partial charge on any atom is 0.246 e. The van der Waals surface area contributed by atoms with E-state index in [1.54, 1.807) is 45.0 Å². The van der Waals surface area contributed by atoms with Gasteiger partial charge in [-0.3, -0.25) is 14.4 Å². The van der Waals surface area contributed by atoms with Crippen molar-refractivity contribution in [1.82, 2.24) is 10.6 Å². The van der Waals surface area contributed by atoms with Gasteiger partial charge in [0.05, 0.1) is 0 Å². The van der Waals surface area contributed by atoms with Crippen molar-refractivity contribution in [2.24, 2.45) is 17.2 Å². The highest BCUT2D eigenvalue weighted by atomic mass is 16.7. The number of benzene rings is 1. The van der Waals surface area contributed by atoms with Gasteiger partial charge in [-0.15, -0.1) is 4.91 Å². The van der Waals surface area contributed by atoms with Crippen LogP contribution in [-0.2, 0) is 25.8 Å². The smallest absolute Gasteiger partial charge is 0.246 e. The van der Waals surface area contributed by atoms with Crippen molar-refractivity contribution in [2.45, 2.75) is 53.3 Å². The Balaban J connectivity index is 2.65. The molecule has 0 aliphatic heterocycles. The first-order valence-electron chi connectivity index (χ1n) is 9.10. The van der Waals surface area contributed by atoms with Gasteiger partial charge in [0.25, 0.3) is 0 Å². The van der Waals surface area contributed by atoms with Gasteiger partial charge >= 0.3 is 0 Å². The molecule has 9 heteroatoms. The van der Waals surface area contributed by atoms with Crippen molar-refractivity contribution in [3.05, 3.63) is 34.7 Å². The van der Waals surface area contributed by atoms with E-state index in [4.69, 9.17) is 0 Å². The van der Waals surface area contributed by atoms with Crippen LogP contribution in [0.25, 0.3) is 0 Å². The average molecular weight is 392 g/mol. The van der Waals surface area contributed by atoms with Crippen molar-refractivity contribution in [1.29, 1.82) is 0 Å². The number of hydrogen-bond donors (Lipinski definition) is 3. The second-order valence-corrected chi connectivity index (χ2v) is 7.15. The van der Waals surface area contributed by atoms with E-state index >= 15 is 0 Å². The lowest BCUT2D eigenvalue weighted by Gasteiger charge is -2.24. The van der Waals surface area contributed by atoms with Crippen LogP contribution >= 0.6 is 0 Å². The summed E-state index contributed by atoms with van der Waals surface area (Å²) in [6.45, 7) is 8.73. The molecular formula is C19H28N4O5. The zero-order valence-corrected chi connectivity index (χ0v) is 16.8. The quantitative estimate of drug-likeness (QED) is 0.415. The van der Waals surface area contributed by atoms with E-state index in [2.05, 4.69) is 26.1 Å². The largest absolute Gasteiger partial charge is 0.359 e. The highest BCUT2D eigenvalue weighted by molar-refractivity contribution is 5.98. The zero-order valence-electron chi connectivity index (χ0n) is 16.8. The van der Waals surface area contributed by atoms with Gasteiger partial charge in [0.15, 0.2) is 5.34 Å². The number of amides is 3. The molecule has 0 bridgehead atoms. The Morgan fingerprint density at radius 2 is 1.54 bits per heavy atom. The minimum atomic E-state index is -0.799. The van der Waals surface area contributed by atoms with E-state index in [9.17, 15) is 19.3 Å². The minimum Gasteiger partial charge on any atom is -0.359 e. The summed E-state index contributed by atoms with van der Waals surface area (Å²) in [5, 5.41) is 10.4. The van der Waals surface area contributed by atoms with Crippen LogP contribution in [0.2, 0.25) is 0 Å². The minimum absolute atomic E-state index is 0.0445. The highest BCUT2D eigenvalue weighted by Crippen LogP contribution is 2.11. The van der Waals surface area contributed by atoms with E-state index in [1.807, 2.05) is 13.8 Å². The van der Waals surface area contributed by atoms with E-state index in [0.29, 0.717) is 5.69 Å². The first-order valence-corrected chi connectivity index (χ1v) is 9.10. The molecule has 3 N–H and O–H groups in total. The average Bonchev–Trinajstić information content (AvgIpc) is 2.64. The normalized spacial score (nSPS) is 12.8. The van der Waals surface area contributed by atoms with Crippen LogP contribution < -0.4 is 16.0 Å². The number of nitrogens with zero attached hydrogens (tertiary/aromatic N) is 1. The molecule has 28 heavy (non-hydrogen) atoms. The summed E-state index contributed by atoms with van der Waals surface area (Å²) in [6.07, 6.45) is 0. The van der Waals surface area contributed by atoms with Crippen LogP contribution in [0, 0.1) is 16.7 Å². The van der Waals surface area contributed by atoms with Crippen molar-refractivity contribution in [3.63, 3.8) is 0 Å². The van der Waals surface area contributed by atoms with Gasteiger partial charge in [0.1, 0.15) is 18.7 Å². The number of carbonyl (C=O) groups is 3. The van der Waals surface area contributed by atoms with Gasteiger partial charge in [-0.25, -0.2) is 0 Å². The number of rotatable bonds is 10. The van der Waals surface area contributed by atoms with Crippen LogP contribution in [-0.4, -0.2) is 29.8 Å². The molecule has 0 saturated carbocycles. The molecule has 1 aromatic rings. The maximum absolute atomic E-state index is 12.5. The van der Waals surface area contributed by atoms with E-state index < -0.39 is 23.9 Å². The van der Waals surface area contributed by atoms with E-state index in [0.717, 1.165) is 5.56 Å². The van der Waals surface area contributed by atoms with Crippen molar-refractivity contribution >= 4 is 23.4 Å². The lowest BCUT2D eigenvalue weighted by atomic mass is 10.0. The number of carbonyl (C=O) groups excluding carboxylic acids is 3. The number of nitrogens with one attached hydrogen (secondary N) is 3. The first kappa shape index (κ1) is 23.1. The molecule has 154 valence electrons. The summed E-state index contributed by atoms with van der Waals surface area (Å²) in [5.74, 6) is -1.41. The summed E-state index contributed by atoms with van der Waals surface area (Å²) in [6, 6.07) is 5.13. The van der Waals surface area contributed by atoms with Gasteiger partial charge in [-0.1, -0.05) is 39.8 Å². The molecular weight excluding hydrogens is 364 g/mol. The Hall–Kier alpha value is -2.97. The standard InChI is InChI=1S/C19H28N4O5/c1-11(2)16(22-17(24)12(3)4)19(26)20-13(5)18(25)21-15-8-6-14(7-9-15)10-28-23-27/h6-9,11-13,16H,10H2,1-5H3,(H,20,26)(H,21,25)(H,22,24). The summed E-state index contributed by atoms with van der Waals surface area (Å²) < 4.78 is 0. The zero-order chi connectivity index (χ0) is 21.3. The monoisotopic (exact) mass is 392 g/mol. The Morgan fingerprint density at radius 1 is 0.929 bits per heavy atom. The van der Waals surface area contributed by atoms with Crippen molar-refractivity contribution in [2.75, 3.05) is 5.32 Å². The Bertz CT molecular complexity index is 688. The third-order valence-electron chi connectivity index (χ3n) is 4.03.